The van der Waals surface area contributed by atoms with Gasteiger partial charge in [0, 0.05) is 56.1 Å². The molecule has 4 rings (SSSR count). The lowest BCUT2D eigenvalue weighted by molar-refractivity contribution is -0.137. The summed E-state index contributed by atoms with van der Waals surface area (Å²) >= 11 is 0. The van der Waals surface area contributed by atoms with Gasteiger partial charge in [-0.25, -0.2) is 4.39 Å². The van der Waals surface area contributed by atoms with Gasteiger partial charge in [-0.05, 0) is 59.9 Å². The van der Waals surface area contributed by atoms with Crippen LogP contribution in [0.4, 0.5) is 17.6 Å². The molecule has 0 radical (unpaired) electrons. The lowest BCUT2D eigenvalue weighted by Gasteiger charge is -2.30. The SMILES string of the molecule is CC(C)CN(C[C@H]1CN(Cc2ccc[nH]2)C[C@@H]1c1cccc(C(F)(F)F)c1)C(=O)c1ccc(F)cc1. The van der Waals surface area contributed by atoms with Crippen molar-refractivity contribution in [2.45, 2.75) is 32.5 Å². The van der Waals surface area contributed by atoms with E-state index in [4.69, 9.17) is 0 Å². The Morgan fingerprint density at radius 3 is 2.47 bits per heavy atom. The van der Waals surface area contributed by atoms with Crippen molar-refractivity contribution in [3.8, 4) is 0 Å². The average Bonchev–Trinajstić information content (AvgIpc) is 3.48. The molecule has 0 spiro atoms. The number of carbonyl (C=O) groups is 1. The summed E-state index contributed by atoms with van der Waals surface area (Å²) in [6.45, 7) is 6.81. The van der Waals surface area contributed by atoms with Crippen molar-refractivity contribution in [2.75, 3.05) is 26.2 Å². The largest absolute Gasteiger partial charge is 0.416 e. The van der Waals surface area contributed by atoms with E-state index in [1.54, 1.807) is 11.0 Å². The first-order chi connectivity index (χ1) is 17.1. The molecule has 1 aliphatic heterocycles. The molecule has 0 aliphatic carbocycles. The Balaban J connectivity index is 1.62. The van der Waals surface area contributed by atoms with Gasteiger partial charge in [-0.3, -0.25) is 9.69 Å². The maximum atomic E-state index is 13.5. The van der Waals surface area contributed by atoms with Crippen molar-refractivity contribution in [2.24, 2.45) is 11.8 Å². The minimum Gasteiger partial charge on any atom is -0.364 e. The number of benzene rings is 2. The first-order valence-electron chi connectivity index (χ1n) is 12.2. The van der Waals surface area contributed by atoms with E-state index in [0.29, 0.717) is 43.9 Å². The molecule has 2 heterocycles. The number of alkyl halides is 3. The third-order valence-electron chi connectivity index (χ3n) is 6.63. The third kappa shape index (κ3) is 6.35. The number of halogens is 4. The van der Waals surface area contributed by atoms with Crippen LogP contribution in [0, 0.1) is 17.7 Å². The van der Waals surface area contributed by atoms with Gasteiger partial charge in [0.25, 0.3) is 5.91 Å². The maximum Gasteiger partial charge on any atom is 0.416 e. The van der Waals surface area contributed by atoms with Gasteiger partial charge < -0.3 is 9.88 Å². The van der Waals surface area contributed by atoms with Crippen LogP contribution in [0.25, 0.3) is 0 Å². The van der Waals surface area contributed by atoms with Gasteiger partial charge >= 0.3 is 6.18 Å². The number of nitrogens with one attached hydrogen (secondary N) is 1. The van der Waals surface area contributed by atoms with Crippen molar-refractivity contribution in [3.63, 3.8) is 0 Å². The van der Waals surface area contributed by atoms with Crippen LogP contribution >= 0.6 is 0 Å². The third-order valence-corrected chi connectivity index (χ3v) is 6.63. The van der Waals surface area contributed by atoms with Gasteiger partial charge in [0.1, 0.15) is 5.82 Å². The topological polar surface area (TPSA) is 39.3 Å². The summed E-state index contributed by atoms with van der Waals surface area (Å²) in [5, 5.41) is 0. The Labute approximate surface area is 208 Å². The monoisotopic (exact) mass is 501 g/mol. The van der Waals surface area contributed by atoms with Crippen LogP contribution in [0.1, 0.15) is 46.9 Å². The highest BCUT2D eigenvalue weighted by Crippen LogP contribution is 2.37. The molecule has 0 saturated carbocycles. The van der Waals surface area contributed by atoms with E-state index in [1.807, 2.05) is 32.2 Å². The highest BCUT2D eigenvalue weighted by atomic mass is 19.4. The molecule has 0 bridgehead atoms. The number of likely N-dealkylation sites (tertiary alicyclic amines) is 1. The molecule has 1 aliphatic rings. The van der Waals surface area contributed by atoms with Crippen molar-refractivity contribution < 1.29 is 22.4 Å². The van der Waals surface area contributed by atoms with Crippen molar-refractivity contribution in [1.29, 1.82) is 0 Å². The van der Waals surface area contributed by atoms with Crippen LogP contribution in [-0.2, 0) is 12.7 Å². The normalized spacial score (nSPS) is 18.6. The number of aromatic nitrogens is 1. The predicted octanol–water partition coefficient (Wildman–Crippen LogP) is 6.19. The molecular formula is C28H31F4N3O. The van der Waals surface area contributed by atoms with Gasteiger partial charge in [0.2, 0.25) is 0 Å². The fraction of sp³-hybridized carbons (Fsp3) is 0.393. The van der Waals surface area contributed by atoms with E-state index in [2.05, 4.69) is 9.88 Å². The van der Waals surface area contributed by atoms with Gasteiger partial charge in [0.05, 0.1) is 5.56 Å². The molecule has 2 atom stereocenters. The minimum atomic E-state index is -4.42. The lowest BCUT2D eigenvalue weighted by Crippen LogP contribution is -2.39. The summed E-state index contributed by atoms with van der Waals surface area (Å²) in [7, 11) is 0. The Morgan fingerprint density at radius 1 is 1.08 bits per heavy atom. The number of hydrogen-bond donors (Lipinski definition) is 1. The molecule has 0 unspecified atom stereocenters. The van der Waals surface area contributed by atoms with Crippen LogP contribution in [0.3, 0.4) is 0 Å². The maximum absolute atomic E-state index is 13.5. The molecule has 8 heteroatoms. The smallest absolute Gasteiger partial charge is 0.364 e. The minimum absolute atomic E-state index is 0.0633. The summed E-state index contributed by atoms with van der Waals surface area (Å²) in [6.07, 6.45) is -2.57. The molecule has 3 aromatic rings. The van der Waals surface area contributed by atoms with Gasteiger partial charge in [-0.2, -0.15) is 13.2 Å². The van der Waals surface area contributed by atoms with Gasteiger partial charge in [-0.1, -0.05) is 32.0 Å². The van der Waals surface area contributed by atoms with Crippen molar-refractivity contribution in [3.05, 3.63) is 95.1 Å². The summed E-state index contributed by atoms with van der Waals surface area (Å²) in [5.41, 5.74) is 1.39. The molecule has 1 saturated heterocycles. The number of aromatic amines is 1. The highest BCUT2D eigenvalue weighted by Gasteiger charge is 2.38. The fourth-order valence-electron chi connectivity index (χ4n) is 5.04. The van der Waals surface area contributed by atoms with E-state index >= 15 is 0 Å². The first-order valence-corrected chi connectivity index (χ1v) is 12.2. The molecule has 1 amide bonds. The number of hydrogen-bond acceptors (Lipinski definition) is 2. The van der Waals surface area contributed by atoms with Gasteiger partial charge in [0.15, 0.2) is 0 Å². The van der Waals surface area contributed by atoms with E-state index in [0.717, 1.165) is 11.8 Å². The summed E-state index contributed by atoms with van der Waals surface area (Å²) in [6, 6.07) is 14.9. The van der Waals surface area contributed by atoms with Crippen LogP contribution in [0.15, 0.2) is 66.9 Å². The fourth-order valence-corrected chi connectivity index (χ4v) is 5.04. The summed E-state index contributed by atoms with van der Waals surface area (Å²) in [4.78, 5) is 20.6. The number of amides is 1. The zero-order chi connectivity index (χ0) is 25.9. The van der Waals surface area contributed by atoms with Crippen LogP contribution < -0.4 is 0 Å². The Kier molecular flexibility index (Phi) is 7.83. The summed E-state index contributed by atoms with van der Waals surface area (Å²) in [5.74, 6) is -0.654. The zero-order valence-corrected chi connectivity index (χ0v) is 20.4. The Hall–Kier alpha value is -3.13. The molecular weight excluding hydrogens is 470 g/mol. The zero-order valence-electron chi connectivity index (χ0n) is 20.4. The van der Waals surface area contributed by atoms with Crippen LogP contribution in [-0.4, -0.2) is 46.9 Å². The average molecular weight is 502 g/mol. The molecule has 192 valence electrons. The van der Waals surface area contributed by atoms with E-state index in [1.165, 1.54) is 36.4 Å². The number of H-pyrrole nitrogens is 1. The standard InChI is InChI=1S/C28H31F4N3O/c1-19(2)14-35(27(36)20-8-10-24(29)11-9-20)16-22-15-34(17-25-7-4-12-33-25)18-26(22)21-5-3-6-23(13-21)28(30,31)32/h3-13,19,22,26,33H,14-18H2,1-2H3/t22-,26-/m1/s1. The molecule has 4 nitrogen and oxygen atoms in total. The number of rotatable bonds is 8. The van der Waals surface area contributed by atoms with Crippen LogP contribution in [0.5, 0.6) is 0 Å². The van der Waals surface area contributed by atoms with E-state index in [9.17, 15) is 22.4 Å². The lowest BCUT2D eigenvalue weighted by atomic mass is 9.87. The number of nitrogens with zero attached hydrogens (tertiary/aromatic N) is 2. The molecule has 1 fully saturated rings. The second-order valence-corrected chi connectivity index (χ2v) is 9.99. The Bertz CT molecular complexity index is 1140. The van der Waals surface area contributed by atoms with Crippen molar-refractivity contribution in [1.82, 2.24) is 14.8 Å². The second-order valence-electron chi connectivity index (χ2n) is 9.99. The Morgan fingerprint density at radius 2 is 1.83 bits per heavy atom. The molecule has 2 aromatic carbocycles. The molecule has 1 N–H and O–H groups in total. The second kappa shape index (κ2) is 10.9. The van der Waals surface area contributed by atoms with Crippen molar-refractivity contribution >= 4 is 5.91 Å². The quantitative estimate of drug-likeness (QED) is 0.374. The molecule has 1 aromatic heterocycles. The summed E-state index contributed by atoms with van der Waals surface area (Å²) < 4.78 is 53.8. The van der Waals surface area contributed by atoms with Crippen LogP contribution in [0.2, 0.25) is 0 Å². The van der Waals surface area contributed by atoms with E-state index in [-0.39, 0.29) is 23.7 Å². The predicted molar refractivity (Wildman–Crippen MR) is 131 cm³/mol. The number of carbonyl (C=O) groups excluding carboxylic acids is 1. The van der Waals surface area contributed by atoms with E-state index < -0.39 is 17.6 Å². The first kappa shape index (κ1) is 25.9. The highest BCUT2D eigenvalue weighted by molar-refractivity contribution is 5.94. The van der Waals surface area contributed by atoms with Gasteiger partial charge in [-0.15, -0.1) is 0 Å². The molecule has 36 heavy (non-hydrogen) atoms.